The number of esters is 1. The molecule has 0 saturated carbocycles. The second kappa shape index (κ2) is 6.57. The van der Waals surface area contributed by atoms with Gasteiger partial charge in [-0.05, 0) is 24.3 Å². The monoisotopic (exact) mass is 223 g/mol. The van der Waals surface area contributed by atoms with Gasteiger partial charge in [-0.2, -0.15) is 0 Å². The normalized spacial score (nSPS) is 7.77. The van der Waals surface area contributed by atoms with Gasteiger partial charge >= 0.3 is 5.97 Å². The fourth-order valence-corrected chi connectivity index (χ4v) is 0.737. The molecule has 1 aromatic carbocycles. The minimum Gasteiger partial charge on any atom is -0.465 e. The van der Waals surface area contributed by atoms with Crippen molar-refractivity contribution in [1.29, 1.82) is 0 Å². The number of carbonyl (C=O) groups is 1. The molecule has 0 atom stereocenters. The first-order chi connectivity index (χ1) is 5.24. The average molecular weight is 224 g/mol. The number of anilines is 1. The van der Waals surface area contributed by atoms with E-state index in [0.29, 0.717) is 11.3 Å². The van der Waals surface area contributed by atoms with Gasteiger partial charge in [0.1, 0.15) is 0 Å². The Bertz CT molecular complexity index is 261. The number of rotatable bonds is 1. The number of nitrogen functional groups attached to an aromatic ring is 1. The Labute approximate surface area is 89.1 Å². The molecule has 0 fully saturated rings. The van der Waals surface area contributed by atoms with Gasteiger partial charge in [0.05, 0.1) is 12.7 Å². The van der Waals surface area contributed by atoms with Crippen molar-refractivity contribution in [1.82, 2.24) is 0 Å². The second-order valence-electron chi connectivity index (χ2n) is 2.11. The molecular weight excluding hydrogens is 213 g/mol. The van der Waals surface area contributed by atoms with Crippen molar-refractivity contribution >= 4 is 36.5 Å². The Morgan fingerprint density at radius 3 is 2.08 bits per heavy atom. The molecule has 1 rings (SSSR count). The smallest absolute Gasteiger partial charge is 0.337 e. The summed E-state index contributed by atoms with van der Waals surface area (Å²) in [5.74, 6) is -0.343. The molecule has 5 heteroatoms. The van der Waals surface area contributed by atoms with Crippen LogP contribution in [0.3, 0.4) is 0 Å². The molecule has 2 N–H and O–H groups in total. The summed E-state index contributed by atoms with van der Waals surface area (Å²) in [7, 11) is 1.35. The van der Waals surface area contributed by atoms with E-state index in [9.17, 15) is 4.79 Å². The first kappa shape index (κ1) is 14.6. The van der Waals surface area contributed by atoms with Gasteiger partial charge < -0.3 is 10.5 Å². The molecule has 1 aromatic rings. The Hall–Kier alpha value is -0.930. The lowest BCUT2D eigenvalue weighted by molar-refractivity contribution is 0.0601. The first-order valence-corrected chi connectivity index (χ1v) is 3.18. The molecule has 3 nitrogen and oxygen atoms in total. The summed E-state index contributed by atoms with van der Waals surface area (Å²) in [5.41, 5.74) is 6.57. The van der Waals surface area contributed by atoms with Crippen LogP contribution < -0.4 is 5.73 Å². The van der Waals surface area contributed by atoms with Crippen molar-refractivity contribution in [3.05, 3.63) is 29.8 Å². The molecule has 0 aliphatic heterocycles. The van der Waals surface area contributed by atoms with Gasteiger partial charge in [0, 0.05) is 5.69 Å². The van der Waals surface area contributed by atoms with Crippen molar-refractivity contribution < 1.29 is 9.53 Å². The van der Waals surface area contributed by atoms with Crippen LogP contribution in [0, 0.1) is 0 Å². The second-order valence-corrected chi connectivity index (χ2v) is 2.11. The van der Waals surface area contributed by atoms with Crippen LogP contribution in [0.5, 0.6) is 0 Å². The molecule has 0 aromatic heterocycles. The largest absolute Gasteiger partial charge is 0.465 e. The van der Waals surface area contributed by atoms with Crippen molar-refractivity contribution in [2.45, 2.75) is 0 Å². The summed E-state index contributed by atoms with van der Waals surface area (Å²) in [4.78, 5) is 10.9. The zero-order chi connectivity index (χ0) is 8.27. The highest BCUT2D eigenvalue weighted by Crippen LogP contribution is 2.05. The maximum absolute atomic E-state index is 10.9. The van der Waals surface area contributed by atoms with E-state index in [2.05, 4.69) is 4.74 Å². The summed E-state index contributed by atoms with van der Waals surface area (Å²) in [6, 6.07) is 6.57. The summed E-state index contributed by atoms with van der Waals surface area (Å²) in [6.07, 6.45) is 0. The molecule has 0 saturated heterocycles. The van der Waals surface area contributed by atoms with Gasteiger partial charge in [0.15, 0.2) is 0 Å². The molecule has 0 heterocycles. The lowest BCUT2D eigenvalue weighted by Gasteiger charge is -1.97. The zero-order valence-electron chi connectivity index (χ0n) is 7.02. The number of benzene rings is 1. The molecule has 0 radical (unpaired) electrons. The number of halogens is 2. The number of methoxy groups -OCH3 is 1. The van der Waals surface area contributed by atoms with Crippen LogP contribution in [0.25, 0.3) is 0 Å². The van der Waals surface area contributed by atoms with Gasteiger partial charge in [-0.15, -0.1) is 24.8 Å². The minimum absolute atomic E-state index is 0. The SMILES string of the molecule is COC(=O)c1ccc(N)cc1.Cl.Cl. The molecule has 0 amide bonds. The number of nitrogens with two attached hydrogens (primary N) is 1. The molecular formula is C8H11Cl2NO2. The van der Waals surface area contributed by atoms with E-state index in [1.807, 2.05) is 0 Å². The van der Waals surface area contributed by atoms with E-state index < -0.39 is 0 Å². The van der Waals surface area contributed by atoms with Gasteiger partial charge in [0.2, 0.25) is 0 Å². The van der Waals surface area contributed by atoms with Crippen molar-refractivity contribution in [3.8, 4) is 0 Å². The highest BCUT2D eigenvalue weighted by atomic mass is 35.5. The molecule has 0 bridgehead atoms. The third-order valence-electron chi connectivity index (χ3n) is 1.33. The van der Waals surface area contributed by atoms with E-state index >= 15 is 0 Å². The van der Waals surface area contributed by atoms with Crippen molar-refractivity contribution in [2.75, 3.05) is 12.8 Å². The predicted octanol–water partition coefficient (Wildman–Crippen LogP) is 1.90. The van der Waals surface area contributed by atoms with Crippen LogP contribution in [0.15, 0.2) is 24.3 Å². The quantitative estimate of drug-likeness (QED) is 0.585. The maximum atomic E-state index is 10.9. The predicted molar refractivity (Wildman–Crippen MR) is 56.7 cm³/mol. The lowest BCUT2D eigenvalue weighted by Crippen LogP contribution is -2.00. The molecule has 0 aliphatic rings. The summed E-state index contributed by atoms with van der Waals surface area (Å²) >= 11 is 0. The third kappa shape index (κ3) is 4.01. The fourth-order valence-electron chi connectivity index (χ4n) is 0.737. The fraction of sp³-hybridized carbons (Fsp3) is 0.125. The van der Waals surface area contributed by atoms with Gasteiger partial charge in [0.25, 0.3) is 0 Å². The van der Waals surface area contributed by atoms with Gasteiger partial charge in [-0.25, -0.2) is 4.79 Å². The van der Waals surface area contributed by atoms with Crippen LogP contribution in [0.1, 0.15) is 10.4 Å². The standard InChI is InChI=1S/C8H9NO2.2ClH/c1-11-8(10)6-2-4-7(9)5-3-6;;/h2-5H,9H2,1H3;2*1H. The first-order valence-electron chi connectivity index (χ1n) is 3.18. The van der Waals surface area contributed by atoms with Gasteiger partial charge in [-0.3, -0.25) is 0 Å². The van der Waals surface area contributed by atoms with Crippen LogP contribution >= 0.6 is 24.8 Å². The molecule has 13 heavy (non-hydrogen) atoms. The van der Waals surface area contributed by atoms with Crippen molar-refractivity contribution in [2.24, 2.45) is 0 Å². The Kier molecular flexibility index (Phi) is 7.37. The third-order valence-corrected chi connectivity index (χ3v) is 1.33. The number of carbonyl (C=O) groups excluding carboxylic acids is 1. The Morgan fingerprint density at radius 1 is 1.23 bits per heavy atom. The molecule has 74 valence electrons. The number of ether oxygens (including phenoxy) is 1. The average Bonchev–Trinajstić information content (AvgIpc) is 2.05. The van der Waals surface area contributed by atoms with Gasteiger partial charge in [-0.1, -0.05) is 0 Å². The van der Waals surface area contributed by atoms with Crippen LogP contribution in [0.2, 0.25) is 0 Å². The summed E-state index contributed by atoms with van der Waals surface area (Å²) < 4.78 is 4.50. The molecule has 0 aliphatic carbocycles. The van der Waals surface area contributed by atoms with Crippen LogP contribution in [-0.4, -0.2) is 13.1 Å². The van der Waals surface area contributed by atoms with E-state index in [0.717, 1.165) is 0 Å². The Morgan fingerprint density at radius 2 is 1.69 bits per heavy atom. The topological polar surface area (TPSA) is 52.3 Å². The summed E-state index contributed by atoms with van der Waals surface area (Å²) in [5, 5.41) is 0. The van der Waals surface area contributed by atoms with E-state index in [-0.39, 0.29) is 30.8 Å². The highest BCUT2D eigenvalue weighted by Gasteiger charge is 2.02. The molecule has 0 spiro atoms. The number of hydrogen-bond donors (Lipinski definition) is 1. The maximum Gasteiger partial charge on any atom is 0.337 e. The minimum atomic E-state index is -0.343. The Balaban J connectivity index is 0. The van der Waals surface area contributed by atoms with Crippen LogP contribution in [-0.2, 0) is 4.74 Å². The zero-order valence-corrected chi connectivity index (χ0v) is 8.65. The van der Waals surface area contributed by atoms with E-state index in [4.69, 9.17) is 5.73 Å². The highest BCUT2D eigenvalue weighted by molar-refractivity contribution is 5.89. The number of hydrogen-bond acceptors (Lipinski definition) is 3. The lowest BCUT2D eigenvalue weighted by atomic mass is 10.2. The van der Waals surface area contributed by atoms with E-state index in [1.165, 1.54) is 7.11 Å². The van der Waals surface area contributed by atoms with Crippen LogP contribution in [0.4, 0.5) is 5.69 Å². The molecule has 0 unspecified atom stereocenters. The summed E-state index contributed by atoms with van der Waals surface area (Å²) in [6.45, 7) is 0. The van der Waals surface area contributed by atoms with Crippen molar-refractivity contribution in [3.63, 3.8) is 0 Å². The van der Waals surface area contributed by atoms with E-state index in [1.54, 1.807) is 24.3 Å².